The number of carboxylic acid groups (broad SMARTS) is 1. The molecule has 2 rings (SSSR count). The van der Waals surface area contributed by atoms with E-state index in [-0.39, 0.29) is 6.42 Å². The first-order valence-electron chi connectivity index (χ1n) is 6.86. The molecule has 0 saturated carbocycles. The van der Waals surface area contributed by atoms with Gasteiger partial charge in [-0.3, -0.25) is 9.69 Å². The van der Waals surface area contributed by atoms with Gasteiger partial charge in [-0.15, -0.1) is 0 Å². The molecule has 1 saturated heterocycles. The van der Waals surface area contributed by atoms with Crippen LogP contribution in [0.4, 0.5) is 0 Å². The van der Waals surface area contributed by atoms with Crippen molar-refractivity contribution in [2.45, 2.75) is 44.7 Å². The first kappa shape index (κ1) is 14.4. The van der Waals surface area contributed by atoms with Crippen molar-refractivity contribution in [3.8, 4) is 0 Å². The molecular weight excluding hydrogens is 262 g/mol. The summed E-state index contributed by atoms with van der Waals surface area (Å²) in [7, 11) is 0. The van der Waals surface area contributed by atoms with E-state index < -0.39 is 5.97 Å². The molecule has 1 aromatic rings. The molecule has 1 atom stereocenters. The van der Waals surface area contributed by atoms with E-state index in [2.05, 4.69) is 4.90 Å². The van der Waals surface area contributed by atoms with Crippen LogP contribution in [0.3, 0.4) is 0 Å². The Balaban J connectivity index is 1.99. The number of rotatable bonds is 5. The maximum absolute atomic E-state index is 10.7. The molecule has 1 aliphatic heterocycles. The van der Waals surface area contributed by atoms with Gasteiger partial charge in [0.05, 0.1) is 0 Å². The van der Waals surface area contributed by atoms with Gasteiger partial charge in [-0.1, -0.05) is 36.2 Å². The summed E-state index contributed by atoms with van der Waals surface area (Å²) in [5.74, 6) is -0.705. The number of hydrogen-bond donors (Lipinski definition) is 1. The fourth-order valence-corrected chi connectivity index (χ4v) is 2.93. The van der Waals surface area contributed by atoms with Crippen molar-refractivity contribution in [2.24, 2.45) is 0 Å². The summed E-state index contributed by atoms with van der Waals surface area (Å²) in [6.45, 7) is 1.86. The lowest BCUT2D eigenvalue weighted by molar-refractivity contribution is -0.137. The summed E-state index contributed by atoms with van der Waals surface area (Å²) in [4.78, 5) is 13.1. The Bertz CT molecular complexity index is 436. The van der Waals surface area contributed by atoms with E-state index in [1.165, 1.54) is 12.8 Å². The third kappa shape index (κ3) is 4.22. The van der Waals surface area contributed by atoms with Crippen LogP contribution in [-0.2, 0) is 11.3 Å². The highest BCUT2D eigenvalue weighted by Crippen LogP contribution is 2.25. The van der Waals surface area contributed by atoms with Gasteiger partial charge in [0.1, 0.15) is 0 Å². The largest absolute Gasteiger partial charge is 0.481 e. The smallest absolute Gasteiger partial charge is 0.303 e. The monoisotopic (exact) mass is 281 g/mol. The van der Waals surface area contributed by atoms with E-state index in [0.717, 1.165) is 36.5 Å². The molecule has 1 N–H and O–H groups in total. The van der Waals surface area contributed by atoms with Crippen LogP contribution >= 0.6 is 11.6 Å². The number of carboxylic acids is 1. The molecule has 1 heterocycles. The number of hydrogen-bond acceptors (Lipinski definition) is 2. The van der Waals surface area contributed by atoms with Crippen LogP contribution in [0.15, 0.2) is 24.3 Å². The van der Waals surface area contributed by atoms with Crippen LogP contribution in [0.1, 0.15) is 37.7 Å². The van der Waals surface area contributed by atoms with Crippen molar-refractivity contribution in [3.05, 3.63) is 34.9 Å². The molecule has 0 bridgehead atoms. The average Bonchev–Trinajstić information content (AvgIpc) is 2.40. The summed E-state index contributed by atoms with van der Waals surface area (Å²) >= 11 is 6.20. The highest BCUT2D eigenvalue weighted by atomic mass is 35.5. The number of piperidine rings is 1. The van der Waals surface area contributed by atoms with E-state index in [1.54, 1.807) is 0 Å². The number of aliphatic carboxylic acids is 1. The average molecular weight is 282 g/mol. The highest BCUT2D eigenvalue weighted by Gasteiger charge is 2.23. The first-order valence-corrected chi connectivity index (χ1v) is 7.24. The molecule has 19 heavy (non-hydrogen) atoms. The predicted molar refractivity (Wildman–Crippen MR) is 76.4 cm³/mol. The van der Waals surface area contributed by atoms with Crippen molar-refractivity contribution in [1.29, 1.82) is 0 Å². The molecule has 1 aromatic carbocycles. The molecule has 0 radical (unpaired) electrons. The quantitative estimate of drug-likeness (QED) is 0.897. The van der Waals surface area contributed by atoms with Crippen molar-refractivity contribution in [3.63, 3.8) is 0 Å². The summed E-state index contributed by atoms with van der Waals surface area (Å²) in [6, 6.07) is 8.26. The molecule has 0 amide bonds. The molecule has 3 nitrogen and oxygen atoms in total. The lowest BCUT2D eigenvalue weighted by Crippen LogP contribution is -2.39. The fourth-order valence-electron chi connectivity index (χ4n) is 2.73. The highest BCUT2D eigenvalue weighted by molar-refractivity contribution is 6.31. The van der Waals surface area contributed by atoms with Gasteiger partial charge in [-0.2, -0.15) is 0 Å². The maximum Gasteiger partial charge on any atom is 0.303 e. The minimum Gasteiger partial charge on any atom is -0.481 e. The van der Waals surface area contributed by atoms with Gasteiger partial charge in [0.2, 0.25) is 0 Å². The summed E-state index contributed by atoms with van der Waals surface area (Å²) < 4.78 is 0. The zero-order chi connectivity index (χ0) is 13.7. The van der Waals surface area contributed by atoms with E-state index in [4.69, 9.17) is 16.7 Å². The molecule has 104 valence electrons. The van der Waals surface area contributed by atoms with E-state index in [1.807, 2.05) is 24.3 Å². The molecule has 4 heteroatoms. The number of halogens is 1. The Morgan fingerprint density at radius 3 is 2.89 bits per heavy atom. The van der Waals surface area contributed by atoms with Gasteiger partial charge in [0, 0.05) is 24.0 Å². The summed E-state index contributed by atoms with van der Waals surface area (Å²) in [5.41, 5.74) is 1.13. The predicted octanol–water partition coefficient (Wildman–Crippen LogP) is 3.56. The van der Waals surface area contributed by atoms with Crippen LogP contribution in [0.5, 0.6) is 0 Å². The Hall–Kier alpha value is -1.06. The number of nitrogens with zero attached hydrogens (tertiary/aromatic N) is 1. The van der Waals surface area contributed by atoms with Crippen LogP contribution in [0.2, 0.25) is 5.02 Å². The van der Waals surface area contributed by atoms with E-state index in [0.29, 0.717) is 6.04 Å². The fraction of sp³-hybridized carbons (Fsp3) is 0.533. The van der Waals surface area contributed by atoms with E-state index in [9.17, 15) is 4.79 Å². The lowest BCUT2D eigenvalue weighted by Gasteiger charge is -2.35. The second kappa shape index (κ2) is 6.92. The molecule has 0 aliphatic carbocycles. The zero-order valence-electron chi connectivity index (χ0n) is 11.0. The third-order valence-electron chi connectivity index (χ3n) is 3.77. The molecule has 0 aromatic heterocycles. The van der Waals surface area contributed by atoms with Gasteiger partial charge in [0.15, 0.2) is 0 Å². The minimum atomic E-state index is -0.705. The van der Waals surface area contributed by atoms with Crippen LogP contribution in [-0.4, -0.2) is 28.6 Å². The van der Waals surface area contributed by atoms with Crippen LogP contribution in [0.25, 0.3) is 0 Å². The molecule has 0 spiro atoms. The van der Waals surface area contributed by atoms with Crippen LogP contribution in [0, 0.1) is 0 Å². The van der Waals surface area contributed by atoms with Crippen molar-refractivity contribution in [2.75, 3.05) is 6.54 Å². The number of benzene rings is 1. The Labute approximate surface area is 119 Å². The molecule has 1 fully saturated rings. The van der Waals surface area contributed by atoms with Crippen molar-refractivity contribution >= 4 is 17.6 Å². The van der Waals surface area contributed by atoms with Gasteiger partial charge < -0.3 is 5.11 Å². The van der Waals surface area contributed by atoms with Crippen LogP contribution < -0.4 is 0 Å². The second-order valence-corrected chi connectivity index (χ2v) is 5.55. The topological polar surface area (TPSA) is 40.5 Å². The maximum atomic E-state index is 10.7. The van der Waals surface area contributed by atoms with Gasteiger partial charge in [-0.25, -0.2) is 0 Å². The minimum absolute atomic E-state index is 0.254. The number of carbonyl (C=O) groups is 1. The Morgan fingerprint density at radius 1 is 1.37 bits per heavy atom. The second-order valence-electron chi connectivity index (χ2n) is 5.14. The normalized spacial score (nSPS) is 20.4. The summed E-state index contributed by atoms with van der Waals surface area (Å²) in [5, 5.41) is 9.62. The summed E-state index contributed by atoms with van der Waals surface area (Å²) in [6.07, 6.45) is 4.47. The van der Waals surface area contributed by atoms with Gasteiger partial charge in [-0.05, 0) is 37.4 Å². The van der Waals surface area contributed by atoms with Gasteiger partial charge in [0.25, 0.3) is 0 Å². The van der Waals surface area contributed by atoms with Gasteiger partial charge >= 0.3 is 5.97 Å². The SMILES string of the molecule is O=C(O)CCC1CCCCN1Cc1ccccc1Cl. The first-order chi connectivity index (χ1) is 9.16. The molecule has 1 aliphatic rings. The van der Waals surface area contributed by atoms with E-state index >= 15 is 0 Å². The van der Waals surface area contributed by atoms with Crippen molar-refractivity contribution in [1.82, 2.24) is 4.90 Å². The number of likely N-dealkylation sites (tertiary alicyclic amines) is 1. The van der Waals surface area contributed by atoms with Crippen molar-refractivity contribution < 1.29 is 9.90 Å². The zero-order valence-corrected chi connectivity index (χ0v) is 11.8. The Morgan fingerprint density at radius 2 is 2.16 bits per heavy atom. The molecular formula is C15H20ClNO2. The standard InChI is InChI=1S/C15H20ClNO2/c16-14-7-2-1-5-12(14)11-17-10-4-3-6-13(17)8-9-15(18)19/h1-2,5,7,13H,3-4,6,8-11H2,(H,18,19). The third-order valence-corrected chi connectivity index (χ3v) is 4.14. The molecule has 1 unspecified atom stereocenters. The Kier molecular flexibility index (Phi) is 5.23. The lowest BCUT2D eigenvalue weighted by atomic mass is 9.97.